The maximum atomic E-state index is 6.00. The number of rotatable bonds is 4. The van der Waals surface area contributed by atoms with E-state index >= 15 is 0 Å². The molecule has 3 heteroatoms. The number of ether oxygens (including phenoxy) is 1. The molecule has 0 radical (unpaired) electrons. The molecule has 3 rings (SSSR count). The van der Waals surface area contributed by atoms with Crippen LogP contribution in [0, 0.1) is 0 Å². The van der Waals surface area contributed by atoms with E-state index < -0.39 is 0 Å². The molecular formula is C18H18N2O. The topological polar surface area (TPSA) is 47.3 Å². The van der Waals surface area contributed by atoms with Gasteiger partial charge in [0.05, 0.1) is 6.17 Å². The number of dihydropyridines is 1. The van der Waals surface area contributed by atoms with Crippen molar-refractivity contribution < 1.29 is 4.74 Å². The smallest absolute Gasteiger partial charge is 0.127 e. The van der Waals surface area contributed by atoms with E-state index in [4.69, 9.17) is 10.5 Å². The van der Waals surface area contributed by atoms with Crippen molar-refractivity contribution >= 4 is 0 Å². The van der Waals surface area contributed by atoms with Crippen LogP contribution in [0.4, 0.5) is 0 Å². The number of nitrogens with one attached hydrogen (secondary N) is 1. The lowest BCUT2D eigenvalue weighted by Gasteiger charge is -2.19. The first-order valence-electron chi connectivity index (χ1n) is 7.00. The van der Waals surface area contributed by atoms with Crippen molar-refractivity contribution in [2.45, 2.75) is 12.6 Å². The maximum Gasteiger partial charge on any atom is 0.127 e. The fourth-order valence-corrected chi connectivity index (χ4v) is 2.25. The monoisotopic (exact) mass is 278 g/mol. The number of allylic oxidation sites excluding steroid dienone is 2. The Balaban J connectivity index is 1.67. The zero-order chi connectivity index (χ0) is 14.5. The molecule has 2 aromatic rings. The summed E-state index contributed by atoms with van der Waals surface area (Å²) in [6.07, 6.45) is 6.64. The summed E-state index contributed by atoms with van der Waals surface area (Å²) in [5, 5.41) is 3.10. The second-order valence-corrected chi connectivity index (χ2v) is 4.98. The van der Waals surface area contributed by atoms with E-state index in [0.717, 1.165) is 17.9 Å². The predicted molar refractivity (Wildman–Crippen MR) is 85.0 cm³/mol. The van der Waals surface area contributed by atoms with Gasteiger partial charge in [0.15, 0.2) is 0 Å². The molecule has 21 heavy (non-hydrogen) atoms. The second-order valence-electron chi connectivity index (χ2n) is 4.98. The summed E-state index contributed by atoms with van der Waals surface area (Å²) < 4.78 is 5.78. The number of hydrogen-bond donors (Lipinski definition) is 2. The van der Waals surface area contributed by atoms with Crippen molar-refractivity contribution in [2.24, 2.45) is 5.73 Å². The minimum Gasteiger partial charge on any atom is -0.457 e. The van der Waals surface area contributed by atoms with Crippen LogP contribution in [-0.4, -0.2) is 6.17 Å². The number of para-hydroxylation sites is 1. The summed E-state index contributed by atoms with van der Waals surface area (Å²) >= 11 is 0. The summed E-state index contributed by atoms with van der Waals surface area (Å²) in [4.78, 5) is 0. The van der Waals surface area contributed by atoms with Crippen molar-refractivity contribution in [1.82, 2.24) is 5.32 Å². The van der Waals surface area contributed by atoms with Crippen molar-refractivity contribution in [3.8, 4) is 11.5 Å². The molecule has 0 saturated carbocycles. The van der Waals surface area contributed by atoms with Crippen molar-refractivity contribution in [3.63, 3.8) is 0 Å². The van der Waals surface area contributed by atoms with E-state index in [2.05, 4.69) is 23.5 Å². The summed E-state index contributed by atoms with van der Waals surface area (Å²) in [5.74, 6) is 1.68. The predicted octanol–water partition coefficient (Wildman–Crippen LogP) is 3.35. The molecule has 0 aliphatic carbocycles. The Hall–Kier alpha value is -2.52. The van der Waals surface area contributed by atoms with Gasteiger partial charge < -0.3 is 15.8 Å². The van der Waals surface area contributed by atoms with E-state index in [9.17, 15) is 0 Å². The highest BCUT2D eigenvalue weighted by Crippen LogP contribution is 2.22. The summed E-state index contributed by atoms with van der Waals surface area (Å²) in [7, 11) is 0. The Morgan fingerprint density at radius 1 is 0.952 bits per heavy atom. The molecule has 3 nitrogen and oxygen atoms in total. The highest BCUT2D eigenvalue weighted by molar-refractivity contribution is 5.35. The number of nitrogens with two attached hydrogens (primary N) is 1. The minimum atomic E-state index is -0.102. The zero-order valence-corrected chi connectivity index (χ0v) is 11.7. The Labute approximate surface area is 124 Å². The van der Waals surface area contributed by atoms with Gasteiger partial charge in [-0.3, -0.25) is 0 Å². The van der Waals surface area contributed by atoms with Crippen LogP contribution >= 0.6 is 0 Å². The lowest BCUT2D eigenvalue weighted by Crippen LogP contribution is -2.37. The number of hydrogen-bond acceptors (Lipinski definition) is 3. The average molecular weight is 278 g/mol. The van der Waals surface area contributed by atoms with Crippen LogP contribution in [0.5, 0.6) is 11.5 Å². The third-order valence-electron chi connectivity index (χ3n) is 3.39. The van der Waals surface area contributed by atoms with Crippen LogP contribution < -0.4 is 15.8 Å². The van der Waals surface area contributed by atoms with Gasteiger partial charge in [0.2, 0.25) is 0 Å². The van der Waals surface area contributed by atoms with Gasteiger partial charge in [-0.2, -0.15) is 0 Å². The quantitative estimate of drug-likeness (QED) is 0.901. The summed E-state index contributed by atoms with van der Waals surface area (Å²) in [6.45, 7) is 0. The highest BCUT2D eigenvalue weighted by atomic mass is 16.5. The molecule has 0 amide bonds. The van der Waals surface area contributed by atoms with Crippen LogP contribution in [0.1, 0.15) is 5.56 Å². The molecule has 1 aliphatic rings. The van der Waals surface area contributed by atoms with Crippen molar-refractivity contribution in [1.29, 1.82) is 0 Å². The van der Waals surface area contributed by atoms with Gasteiger partial charge in [-0.25, -0.2) is 0 Å². The first kappa shape index (κ1) is 13.5. The first-order chi connectivity index (χ1) is 10.3. The molecule has 0 fully saturated rings. The molecule has 1 aliphatic heterocycles. The molecule has 2 aromatic carbocycles. The third kappa shape index (κ3) is 3.52. The fourth-order valence-electron chi connectivity index (χ4n) is 2.25. The Kier molecular flexibility index (Phi) is 4.03. The van der Waals surface area contributed by atoms with Gasteiger partial charge in [-0.15, -0.1) is 0 Å². The third-order valence-corrected chi connectivity index (χ3v) is 3.39. The molecule has 0 spiro atoms. The van der Waals surface area contributed by atoms with Crippen LogP contribution in [0.15, 0.2) is 78.5 Å². The van der Waals surface area contributed by atoms with Crippen LogP contribution in [0.2, 0.25) is 0 Å². The molecule has 106 valence electrons. The zero-order valence-electron chi connectivity index (χ0n) is 11.7. The Morgan fingerprint density at radius 2 is 1.67 bits per heavy atom. The molecule has 1 unspecified atom stereocenters. The van der Waals surface area contributed by atoms with E-state index in [1.807, 2.05) is 54.7 Å². The Morgan fingerprint density at radius 3 is 2.38 bits per heavy atom. The van der Waals surface area contributed by atoms with E-state index in [0.29, 0.717) is 0 Å². The molecular weight excluding hydrogens is 260 g/mol. The van der Waals surface area contributed by atoms with Gasteiger partial charge in [0.25, 0.3) is 0 Å². The van der Waals surface area contributed by atoms with Crippen molar-refractivity contribution in [2.75, 3.05) is 0 Å². The van der Waals surface area contributed by atoms with Gasteiger partial charge in [0, 0.05) is 0 Å². The first-order valence-corrected chi connectivity index (χ1v) is 7.00. The van der Waals surface area contributed by atoms with E-state index in [1.165, 1.54) is 11.1 Å². The average Bonchev–Trinajstić information content (AvgIpc) is 2.52. The lowest BCUT2D eigenvalue weighted by molar-refractivity contribution is 0.482. The molecule has 0 saturated heterocycles. The Bertz CT molecular complexity index is 645. The summed E-state index contributed by atoms with van der Waals surface area (Å²) in [5.41, 5.74) is 8.40. The SMILES string of the molecule is NC1NC=CC=C1Cc1ccc(Oc2ccccc2)cc1. The fraction of sp³-hybridized carbons (Fsp3) is 0.111. The van der Waals surface area contributed by atoms with Crippen LogP contribution in [0.25, 0.3) is 0 Å². The van der Waals surface area contributed by atoms with Gasteiger partial charge >= 0.3 is 0 Å². The van der Waals surface area contributed by atoms with Crippen molar-refractivity contribution in [3.05, 3.63) is 84.1 Å². The largest absolute Gasteiger partial charge is 0.457 e. The van der Waals surface area contributed by atoms with E-state index in [1.54, 1.807) is 0 Å². The van der Waals surface area contributed by atoms with Gasteiger partial charge in [0.1, 0.15) is 11.5 Å². The normalized spacial score (nSPS) is 17.0. The molecule has 3 N–H and O–H groups in total. The minimum absolute atomic E-state index is 0.102. The molecule has 0 bridgehead atoms. The molecule has 0 aromatic heterocycles. The summed E-state index contributed by atoms with van der Waals surface area (Å²) in [6, 6.07) is 17.9. The van der Waals surface area contributed by atoms with Gasteiger partial charge in [-0.1, -0.05) is 36.4 Å². The standard InChI is InChI=1S/C18H18N2O/c19-18-15(5-4-12-20-18)13-14-8-10-17(11-9-14)21-16-6-2-1-3-7-16/h1-12,18,20H,13,19H2. The maximum absolute atomic E-state index is 6.00. The molecule has 1 atom stereocenters. The van der Waals surface area contributed by atoms with Crippen LogP contribution in [0.3, 0.4) is 0 Å². The van der Waals surface area contributed by atoms with Gasteiger partial charge in [-0.05, 0) is 54.1 Å². The number of benzene rings is 2. The highest BCUT2D eigenvalue weighted by Gasteiger charge is 2.10. The second kappa shape index (κ2) is 6.29. The molecule has 1 heterocycles. The van der Waals surface area contributed by atoms with Crippen LogP contribution in [-0.2, 0) is 6.42 Å². The lowest BCUT2D eigenvalue weighted by atomic mass is 10.0. The van der Waals surface area contributed by atoms with E-state index in [-0.39, 0.29) is 6.17 Å².